The fourth-order valence-corrected chi connectivity index (χ4v) is 0.355. The molecule has 3 N–H and O–H groups in total. The topological polar surface area (TPSA) is 72.5 Å². The summed E-state index contributed by atoms with van der Waals surface area (Å²) in [5, 5.41) is 8.15. The SMILES string of the molecule is N[C@@H](COCC(F)F)C(=O)O. The van der Waals surface area contributed by atoms with E-state index in [1.165, 1.54) is 0 Å². The molecule has 0 aliphatic rings. The monoisotopic (exact) mass is 169 g/mol. The van der Waals surface area contributed by atoms with E-state index < -0.39 is 25.0 Å². The summed E-state index contributed by atoms with van der Waals surface area (Å²) in [6, 6.07) is -1.23. The maximum absolute atomic E-state index is 11.4. The largest absolute Gasteiger partial charge is 0.480 e. The number of aliphatic carboxylic acids is 1. The molecule has 6 heteroatoms. The van der Waals surface area contributed by atoms with Crippen molar-refractivity contribution in [2.75, 3.05) is 13.2 Å². The summed E-state index contributed by atoms with van der Waals surface area (Å²) in [5.74, 6) is -1.26. The normalized spacial score (nSPS) is 13.5. The number of alkyl halides is 2. The molecule has 0 radical (unpaired) electrons. The third-order valence-corrected chi connectivity index (χ3v) is 0.858. The number of hydrogen-bond donors (Lipinski definition) is 2. The average molecular weight is 169 g/mol. The van der Waals surface area contributed by atoms with E-state index in [2.05, 4.69) is 4.74 Å². The number of carboxylic acid groups (broad SMARTS) is 1. The van der Waals surface area contributed by atoms with E-state index in [9.17, 15) is 13.6 Å². The summed E-state index contributed by atoms with van der Waals surface area (Å²) in [4.78, 5) is 9.98. The Morgan fingerprint density at radius 3 is 2.45 bits per heavy atom. The van der Waals surface area contributed by atoms with Crippen LogP contribution in [-0.2, 0) is 9.53 Å². The van der Waals surface area contributed by atoms with Gasteiger partial charge in [-0.15, -0.1) is 0 Å². The standard InChI is InChI=1S/C5H9F2NO3/c6-4(7)2-11-1-3(8)5(9)10/h3-4H,1-2,8H2,(H,9,10)/t3-/m0/s1. The van der Waals surface area contributed by atoms with Crippen LogP contribution in [0.15, 0.2) is 0 Å². The van der Waals surface area contributed by atoms with Gasteiger partial charge in [-0.05, 0) is 0 Å². The molecule has 0 amide bonds. The molecule has 11 heavy (non-hydrogen) atoms. The van der Waals surface area contributed by atoms with Crippen molar-refractivity contribution < 1.29 is 23.4 Å². The van der Waals surface area contributed by atoms with Gasteiger partial charge in [0, 0.05) is 0 Å². The Morgan fingerprint density at radius 1 is 1.55 bits per heavy atom. The van der Waals surface area contributed by atoms with Crippen molar-refractivity contribution in [2.45, 2.75) is 12.5 Å². The van der Waals surface area contributed by atoms with Crippen molar-refractivity contribution in [2.24, 2.45) is 5.73 Å². The minimum absolute atomic E-state index is 0.389. The second-order valence-electron chi connectivity index (χ2n) is 1.87. The average Bonchev–Trinajstić information content (AvgIpc) is 1.86. The van der Waals surface area contributed by atoms with Crippen LogP contribution in [0.25, 0.3) is 0 Å². The highest BCUT2D eigenvalue weighted by atomic mass is 19.3. The van der Waals surface area contributed by atoms with E-state index in [1.54, 1.807) is 0 Å². The Hall–Kier alpha value is -0.750. The first-order valence-corrected chi connectivity index (χ1v) is 2.88. The summed E-state index contributed by atoms with van der Waals surface area (Å²) in [6.07, 6.45) is -2.59. The lowest BCUT2D eigenvalue weighted by Crippen LogP contribution is -2.35. The fraction of sp³-hybridized carbons (Fsp3) is 0.800. The third kappa shape index (κ3) is 5.68. The fourth-order valence-electron chi connectivity index (χ4n) is 0.355. The number of halogens is 2. The number of nitrogens with two attached hydrogens (primary N) is 1. The first kappa shape index (κ1) is 10.2. The molecule has 0 rings (SSSR count). The molecule has 66 valence electrons. The molecule has 0 aromatic rings. The van der Waals surface area contributed by atoms with Crippen LogP contribution in [0.3, 0.4) is 0 Å². The smallest absolute Gasteiger partial charge is 0.322 e. The van der Waals surface area contributed by atoms with Gasteiger partial charge in [0.15, 0.2) is 0 Å². The second kappa shape index (κ2) is 4.97. The highest BCUT2D eigenvalue weighted by Gasteiger charge is 2.12. The molecule has 0 saturated carbocycles. The lowest BCUT2D eigenvalue weighted by Gasteiger charge is -2.06. The molecule has 1 atom stereocenters. The number of carboxylic acids is 1. The summed E-state index contributed by atoms with van der Waals surface area (Å²) in [7, 11) is 0. The summed E-state index contributed by atoms with van der Waals surface area (Å²) >= 11 is 0. The van der Waals surface area contributed by atoms with E-state index in [1.807, 2.05) is 0 Å². The highest BCUT2D eigenvalue weighted by molar-refractivity contribution is 5.73. The van der Waals surface area contributed by atoms with Crippen LogP contribution in [0.4, 0.5) is 8.78 Å². The Balaban J connectivity index is 3.31. The van der Waals surface area contributed by atoms with Crippen LogP contribution in [0, 0.1) is 0 Å². The Bertz CT molecular complexity index is 131. The Morgan fingerprint density at radius 2 is 2.09 bits per heavy atom. The molecular formula is C5H9F2NO3. The zero-order valence-corrected chi connectivity index (χ0v) is 5.67. The maximum atomic E-state index is 11.4. The molecule has 0 spiro atoms. The lowest BCUT2D eigenvalue weighted by molar-refractivity contribution is -0.140. The van der Waals surface area contributed by atoms with Crippen LogP contribution in [0.5, 0.6) is 0 Å². The minimum Gasteiger partial charge on any atom is -0.480 e. The summed E-state index contributed by atoms with van der Waals surface area (Å²) in [5.41, 5.74) is 4.93. The summed E-state index contributed by atoms with van der Waals surface area (Å²) in [6.45, 7) is -1.17. The van der Waals surface area contributed by atoms with Gasteiger partial charge in [0.25, 0.3) is 6.43 Å². The predicted molar refractivity (Wildman–Crippen MR) is 32.4 cm³/mol. The van der Waals surface area contributed by atoms with Gasteiger partial charge in [-0.25, -0.2) is 8.78 Å². The molecule has 0 heterocycles. The van der Waals surface area contributed by atoms with Crippen molar-refractivity contribution in [3.05, 3.63) is 0 Å². The molecule has 0 aliphatic carbocycles. The minimum atomic E-state index is -2.59. The molecule has 0 aromatic carbocycles. The van der Waals surface area contributed by atoms with E-state index in [4.69, 9.17) is 10.8 Å². The van der Waals surface area contributed by atoms with Gasteiger partial charge in [-0.2, -0.15) is 0 Å². The van der Waals surface area contributed by atoms with E-state index in [0.29, 0.717) is 0 Å². The molecule has 4 nitrogen and oxygen atoms in total. The number of ether oxygens (including phenoxy) is 1. The van der Waals surface area contributed by atoms with Crippen LogP contribution < -0.4 is 5.73 Å². The Kier molecular flexibility index (Phi) is 4.64. The quantitative estimate of drug-likeness (QED) is 0.591. The van der Waals surface area contributed by atoms with Crippen LogP contribution in [0.1, 0.15) is 0 Å². The zero-order chi connectivity index (χ0) is 8.85. The van der Waals surface area contributed by atoms with Gasteiger partial charge in [-0.3, -0.25) is 4.79 Å². The lowest BCUT2D eigenvalue weighted by atomic mass is 10.3. The zero-order valence-electron chi connectivity index (χ0n) is 5.67. The van der Waals surface area contributed by atoms with Crippen molar-refractivity contribution in [3.8, 4) is 0 Å². The van der Waals surface area contributed by atoms with Crippen LogP contribution in [0.2, 0.25) is 0 Å². The Labute approximate surface area is 61.9 Å². The molecule has 0 bridgehead atoms. The number of carbonyl (C=O) groups is 1. The van der Waals surface area contributed by atoms with Crippen molar-refractivity contribution >= 4 is 5.97 Å². The predicted octanol–water partition coefficient (Wildman–Crippen LogP) is -0.320. The summed E-state index contributed by atoms with van der Waals surface area (Å²) < 4.78 is 27.0. The highest BCUT2D eigenvalue weighted by Crippen LogP contribution is 1.92. The van der Waals surface area contributed by atoms with Crippen molar-refractivity contribution in [3.63, 3.8) is 0 Å². The molecule has 0 fully saturated rings. The molecule has 0 saturated heterocycles. The van der Waals surface area contributed by atoms with E-state index in [0.717, 1.165) is 0 Å². The molecular weight excluding hydrogens is 160 g/mol. The van der Waals surface area contributed by atoms with Gasteiger partial charge in [-0.1, -0.05) is 0 Å². The molecule has 0 aliphatic heterocycles. The molecule has 0 unspecified atom stereocenters. The van der Waals surface area contributed by atoms with Gasteiger partial charge in [0.2, 0.25) is 0 Å². The maximum Gasteiger partial charge on any atom is 0.322 e. The molecule has 0 aromatic heterocycles. The van der Waals surface area contributed by atoms with Gasteiger partial charge in [0.1, 0.15) is 12.6 Å². The number of hydrogen-bond acceptors (Lipinski definition) is 3. The van der Waals surface area contributed by atoms with Crippen LogP contribution in [-0.4, -0.2) is 36.8 Å². The first-order valence-electron chi connectivity index (χ1n) is 2.88. The van der Waals surface area contributed by atoms with Crippen LogP contribution >= 0.6 is 0 Å². The van der Waals surface area contributed by atoms with Crippen molar-refractivity contribution in [1.29, 1.82) is 0 Å². The first-order chi connectivity index (χ1) is 5.04. The third-order valence-electron chi connectivity index (χ3n) is 0.858. The second-order valence-corrected chi connectivity index (χ2v) is 1.87. The van der Waals surface area contributed by atoms with Gasteiger partial charge >= 0.3 is 5.97 Å². The van der Waals surface area contributed by atoms with Crippen molar-refractivity contribution in [1.82, 2.24) is 0 Å². The van der Waals surface area contributed by atoms with Gasteiger partial charge < -0.3 is 15.6 Å². The van der Waals surface area contributed by atoms with E-state index >= 15 is 0 Å². The number of rotatable bonds is 5. The van der Waals surface area contributed by atoms with Gasteiger partial charge in [0.05, 0.1) is 6.61 Å². The van der Waals surface area contributed by atoms with E-state index in [-0.39, 0.29) is 6.61 Å².